The standard InChI is InChI=1S/C19H20BrN2O2S/c1-24-17-9-7-16(8-10-17)21-13-19(23,14-3-5-15(20)6-4-14)22-11-2-12-25-18(21)22/h3-10,23H,2,11-13H2,1H3/q+1. The third-order valence-electron chi connectivity index (χ3n) is 4.73. The van der Waals surface area contributed by atoms with Gasteiger partial charge < -0.3 is 9.84 Å². The Labute approximate surface area is 160 Å². The molecule has 2 aliphatic heterocycles. The second kappa shape index (κ2) is 6.67. The molecule has 0 aromatic heterocycles. The molecule has 0 amide bonds. The van der Waals surface area contributed by atoms with Crippen molar-refractivity contribution in [1.29, 1.82) is 0 Å². The molecule has 6 heteroatoms. The van der Waals surface area contributed by atoms with Crippen molar-refractivity contribution >= 4 is 38.5 Å². The molecule has 0 spiro atoms. The quantitative estimate of drug-likeness (QED) is 0.770. The zero-order valence-electron chi connectivity index (χ0n) is 14.0. The molecule has 2 heterocycles. The van der Waals surface area contributed by atoms with E-state index in [2.05, 4.69) is 25.4 Å². The van der Waals surface area contributed by atoms with Gasteiger partial charge in [0.25, 0.3) is 5.72 Å². The summed E-state index contributed by atoms with van der Waals surface area (Å²) in [5, 5.41) is 12.7. The highest BCUT2D eigenvalue weighted by atomic mass is 79.9. The number of thioether (sulfide) groups is 1. The van der Waals surface area contributed by atoms with Gasteiger partial charge in [-0.05, 0) is 54.6 Å². The lowest BCUT2D eigenvalue weighted by Crippen LogP contribution is -2.41. The van der Waals surface area contributed by atoms with Crippen LogP contribution in [0.15, 0.2) is 53.0 Å². The van der Waals surface area contributed by atoms with Crippen LogP contribution in [0, 0.1) is 0 Å². The molecular formula is C19H20BrN2O2S+. The van der Waals surface area contributed by atoms with E-state index in [4.69, 9.17) is 4.74 Å². The van der Waals surface area contributed by atoms with Crippen LogP contribution in [0.1, 0.15) is 12.0 Å². The highest BCUT2D eigenvalue weighted by Crippen LogP contribution is 2.38. The number of aliphatic hydroxyl groups is 1. The SMILES string of the molecule is COc1ccc(N2CC(O)(c3ccc(Br)cc3)[N+]3=C2SCCC3)cc1. The number of anilines is 1. The van der Waals surface area contributed by atoms with Crippen LogP contribution >= 0.6 is 27.7 Å². The number of halogens is 1. The first-order chi connectivity index (χ1) is 12.1. The largest absolute Gasteiger partial charge is 0.497 e. The Balaban J connectivity index is 1.75. The van der Waals surface area contributed by atoms with Gasteiger partial charge in [-0.25, -0.2) is 9.48 Å². The summed E-state index contributed by atoms with van der Waals surface area (Å²) in [7, 11) is 1.67. The summed E-state index contributed by atoms with van der Waals surface area (Å²) in [6.45, 7) is 1.38. The van der Waals surface area contributed by atoms with Crippen LogP contribution in [0.2, 0.25) is 0 Å². The molecule has 0 saturated carbocycles. The zero-order chi connectivity index (χ0) is 17.4. The molecule has 4 rings (SSSR count). The van der Waals surface area contributed by atoms with Crippen LogP contribution in [0.25, 0.3) is 0 Å². The number of ether oxygens (including phenoxy) is 1. The number of nitrogens with zero attached hydrogens (tertiary/aromatic N) is 2. The van der Waals surface area contributed by atoms with E-state index >= 15 is 0 Å². The van der Waals surface area contributed by atoms with Crippen molar-refractivity contribution in [3.05, 3.63) is 58.6 Å². The van der Waals surface area contributed by atoms with E-state index in [1.807, 2.05) is 60.3 Å². The molecule has 0 bridgehead atoms. The first kappa shape index (κ1) is 16.9. The smallest absolute Gasteiger partial charge is 0.316 e. The fraction of sp³-hybridized carbons (Fsp3) is 0.316. The Hall–Kier alpha value is -1.50. The number of methoxy groups -OCH3 is 1. The van der Waals surface area contributed by atoms with Gasteiger partial charge in [-0.15, -0.1) is 0 Å². The Morgan fingerprint density at radius 2 is 1.88 bits per heavy atom. The van der Waals surface area contributed by atoms with Gasteiger partial charge in [0, 0.05) is 15.8 Å². The van der Waals surface area contributed by atoms with Gasteiger partial charge >= 0.3 is 5.17 Å². The topological polar surface area (TPSA) is 35.7 Å². The molecule has 2 aromatic rings. The summed E-state index contributed by atoms with van der Waals surface area (Å²) < 4.78 is 8.43. The Morgan fingerprint density at radius 1 is 1.16 bits per heavy atom. The van der Waals surface area contributed by atoms with Crippen molar-refractivity contribution in [1.82, 2.24) is 0 Å². The third kappa shape index (κ3) is 2.96. The van der Waals surface area contributed by atoms with Gasteiger partial charge in [-0.1, -0.05) is 28.1 Å². The third-order valence-corrected chi connectivity index (χ3v) is 6.46. The summed E-state index contributed by atoms with van der Waals surface area (Å²) in [5.74, 6) is 1.92. The van der Waals surface area contributed by atoms with E-state index in [0.717, 1.165) is 45.4 Å². The van der Waals surface area contributed by atoms with Crippen molar-refractivity contribution in [2.75, 3.05) is 30.9 Å². The number of hydrogen-bond donors (Lipinski definition) is 1. The Kier molecular flexibility index (Phi) is 4.52. The van der Waals surface area contributed by atoms with Crippen LogP contribution < -0.4 is 9.64 Å². The summed E-state index contributed by atoms with van der Waals surface area (Å²) in [6.07, 6.45) is 1.07. The van der Waals surface area contributed by atoms with E-state index in [1.165, 1.54) is 0 Å². The number of amidine groups is 1. The first-order valence-corrected chi connectivity index (χ1v) is 10.1. The van der Waals surface area contributed by atoms with Gasteiger partial charge in [-0.2, -0.15) is 0 Å². The highest BCUT2D eigenvalue weighted by molar-refractivity contribution is 9.10. The van der Waals surface area contributed by atoms with Gasteiger partial charge in [0.05, 0.1) is 13.7 Å². The molecule has 130 valence electrons. The molecule has 1 unspecified atom stereocenters. The molecule has 4 nitrogen and oxygen atoms in total. The minimum atomic E-state index is -1.01. The normalized spacial score (nSPS) is 22.9. The molecule has 2 aliphatic rings. The van der Waals surface area contributed by atoms with Gasteiger partial charge in [-0.3, -0.25) is 0 Å². The zero-order valence-corrected chi connectivity index (χ0v) is 16.4. The van der Waals surface area contributed by atoms with Crippen LogP contribution in [-0.4, -0.2) is 40.8 Å². The number of benzene rings is 2. The van der Waals surface area contributed by atoms with Crippen LogP contribution in [-0.2, 0) is 5.72 Å². The second-order valence-electron chi connectivity index (χ2n) is 6.24. The van der Waals surface area contributed by atoms with Crippen LogP contribution in [0.4, 0.5) is 5.69 Å². The number of hydrogen-bond acceptors (Lipinski definition) is 4. The summed E-state index contributed by atoms with van der Waals surface area (Å²) >= 11 is 5.29. The second-order valence-corrected chi connectivity index (χ2v) is 8.22. The van der Waals surface area contributed by atoms with Crippen molar-refractivity contribution in [2.45, 2.75) is 12.1 Å². The first-order valence-electron chi connectivity index (χ1n) is 8.29. The lowest BCUT2D eigenvalue weighted by Gasteiger charge is -2.24. The predicted molar refractivity (Wildman–Crippen MR) is 106 cm³/mol. The molecule has 1 atom stereocenters. The summed E-state index contributed by atoms with van der Waals surface area (Å²) in [6, 6.07) is 16.0. The lowest BCUT2D eigenvalue weighted by molar-refractivity contribution is -0.656. The van der Waals surface area contributed by atoms with Crippen molar-refractivity contribution in [3.63, 3.8) is 0 Å². The van der Waals surface area contributed by atoms with E-state index in [0.29, 0.717) is 6.54 Å². The molecule has 2 aromatic carbocycles. The maximum Gasteiger partial charge on any atom is 0.316 e. The van der Waals surface area contributed by atoms with Crippen molar-refractivity contribution in [2.24, 2.45) is 0 Å². The van der Waals surface area contributed by atoms with E-state index in [-0.39, 0.29) is 0 Å². The van der Waals surface area contributed by atoms with E-state index in [1.54, 1.807) is 7.11 Å². The van der Waals surface area contributed by atoms with Crippen LogP contribution in [0.3, 0.4) is 0 Å². The maximum atomic E-state index is 11.6. The van der Waals surface area contributed by atoms with Gasteiger partial charge in [0.2, 0.25) is 0 Å². The molecule has 0 saturated heterocycles. The number of β-amino-alcohol motifs (C(OH)–C–C–N with tert-alkyl or cyclic N) is 1. The van der Waals surface area contributed by atoms with E-state index < -0.39 is 5.72 Å². The Morgan fingerprint density at radius 3 is 2.56 bits per heavy atom. The average Bonchev–Trinajstić information content (AvgIpc) is 2.97. The molecule has 0 radical (unpaired) electrons. The Bertz CT molecular complexity index is 807. The average molecular weight is 420 g/mol. The molecule has 0 fully saturated rings. The molecule has 0 aliphatic carbocycles. The molecule has 1 N–H and O–H groups in total. The predicted octanol–water partition coefficient (Wildman–Crippen LogP) is 3.63. The monoisotopic (exact) mass is 419 g/mol. The lowest BCUT2D eigenvalue weighted by atomic mass is 10.0. The van der Waals surface area contributed by atoms with Crippen LogP contribution in [0.5, 0.6) is 5.75 Å². The molecular weight excluding hydrogens is 400 g/mol. The summed E-state index contributed by atoms with van der Waals surface area (Å²) in [4.78, 5) is 2.21. The maximum absolute atomic E-state index is 11.6. The highest BCUT2D eigenvalue weighted by Gasteiger charge is 2.53. The minimum absolute atomic E-state index is 0.517. The minimum Gasteiger partial charge on any atom is -0.497 e. The fourth-order valence-electron chi connectivity index (χ4n) is 3.43. The van der Waals surface area contributed by atoms with Gasteiger partial charge in [0.15, 0.2) is 6.54 Å². The van der Waals surface area contributed by atoms with Crippen molar-refractivity contribution < 1.29 is 14.4 Å². The van der Waals surface area contributed by atoms with Crippen molar-refractivity contribution in [3.8, 4) is 5.75 Å². The summed E-state index contributed by atoms with van der Waals surface area (Å²) in [5.41, 5.74) is 0.985. The van der Waals surface area contributed by atoms with E-state index in [9.17, 15) is 5.11 Å². The number of rotatable bonds is 3. The fourth-order valence-corrected chi connectivity index (χ4v) is 4.87. The van der Waals surface area contributed by atoms with Gasteiger partial charge in [0.1, 0.15) is 11.4 Å². The molecule has 25 heavy (non-hydrogen) atoms.